The highest BCUT2D eigenvalue weighted by atomic mass is 16.1. The Hall–Kier alpha value is -2.69. The van der Waals surface area contributed by atoms with Gasteiger partial charge in [0.2, 0.25) is 0 Å². The Bertz CT molecular complexity index is 791. The summed E-state index contributed by atoms with van der Waals surface area (Å²) < 4.78 is 1.90. The van der Waals surface area contributed by atoms with E-state index < -0.39 is 0 Å². The monoisotopic (exact) mass is 266 g/mol. The standard InChI is InChI=1S/C15H14N4O/c1-10-9-12(6-7-16-10)18-15(20)14-13-5-3-4-8-19(13)11(2)17-14/h3-9H,1-2H3,(H,16,18,20). The average Bonchev–Trinajstić information content (AvgIpc) is 2.77. The largest absolute Gasteiger partial charge is 0.320 e. The van der Waals surface area contributed by atoms with Crippen molar-refractivity contribution in [3.63, 3.8) is 0 Å². The molecule has 3 rings (SSSR count). The maximum Gasteiger partial charge on any atom is 0.276 e. The number of carbonyl (C=O) groups excluding carboxylic acids is 1. The van der Waals surface area contributed by atoms with Crippen LogP contribution in [0.3, 0.4) is 0 Å². The van der Waals surface area contributed by atoms with Gasteiger partial charge in [0.05, 0.1) is 5.52 Å². The SMILES string of the molecule is Cc1cc(NC(=O)c2nc(C)n3ccccc23)ccn1. The molecule has 5 heteroatoms. The molecule has 0 aliphatic carbocycles. The van der Waals surface area contributed by atoms with Crippen molar-refractivity contribution in [2.75, 3.05) is 5.32 Å². The summed E-state index contributed by atoms with van der Waals surface area (Å²) in [6.45, 7) is 3.76. The molecule has 0 aliphatic heterocycles. The van der Waals surface area contributed by atoms with Crippen molar-refractivity contribution in [1.82, 2.24) is 14.4 Å². The molecule has 0 aromatic carbocycles. The average molecular weight is 266 g/mol. The topological polar surface area (TPSA) is 59.3 Å². The van der Waals surface area contributed by atoms with Crippen molar-refractivity contribution in [3.8, 4) is 0 Å². The van der Waals surface area contributed by atoms with Gasteiger partial charge in [0.1, 0.15) is 5.82 Å². The lowest BCUT2D eigenvalue weighted by Gasteiger charge is -2.04. The zero-order chi connectivity index (χ0) is 14.1. The van der Waals surface area contributed by atoms with Gasteiger partial charge in [-0.1, -0.05) is 6.07 Å². The molecule has 3 heterocycles. The molecule has 0 spiro atoms. The van der Waals surface area contributed by atoms with E-state index in [1.54, 1.807) is 12.3 Å². The second kappa shape index (κ2) is 4.77. The van der Waals surface area contributed by atoms with E-state index in [4.69, 9.17) is 0 Å². The summed E-state index contributed by atoms with van der Waals surface area (Å²) in [7, 11) is 0. The van der Waals surface area contributed by atoms with Gasteiger partial charge in [0.25, 0.3) is 5.91 Å². The Morgan fingerprint density at radius 3 is 2.90 bits per heavy atom. The van der Waals surface area contributed by atoms with Gasteiger partial charge >= 0.3 is 0 Å². The van der Waals surface area contributed by atoms with E-state index in [0.717, 1.165) is 22.7 Å². The number of hydrogen-bond donors (Lipinski definition) is 1. The van der Waals surface area contributed by atoms with Gasteiger partial charge in [-0.2, -0.15) is 0 Å². The van der Waals surface area contributed by atoms with Crippen molar-refractivity contribution in [3.05, 3.63) is 59.9 Å². The molecule has 1 N–H and O–H groups in total. The normalized spacial score (nSPS) is 10.7. The summed E-state index contributed by atoms with van der Waals surface area (Å²) in [5, 5.41) is 2.85. The summed E-state index contributed by atoms with van der Waals surface area (Å²) in [5.74, 6) is 0.573. The third kappa shape index (κ3) is 2.14. The summed E-state index contributed by atoms with van der Waals surface area (Å²) in [4.78, 5) is 20.8. The number of anilines is 1. The van der Waals surface area contributed by atoms with Crippen LogP contribution in [0.2, 0.25) is 0 Å². The third-order valence-electron chi connectivity index (χ3n) is 3.09. The van der Waals surface area contributed by atoms with Crippen LogP contribution in [0.1, 0.15) is 22.0 Å². The van der Waals surface area contributed by atoms with Gasteiger partial charge in [-0.25, -0.2) is 4.98 Å². The fourth-order valence-electron chi connectivity index (χ4n) is 2.17. The van der Waals surface area contributed by atoms with Crippen LogP contribution >= 0.6 is 0 Å². The number of carbonyl (C=O) groups is 1. The maximum atomic E-state index is 12.3. The van der Waals surface area contributed by atoms with E-state index >= 15 is 0 Å². The molecule has 0 unspecified atom stereocenters. The zero-order valence-corrected chi connectivity index (χ0v) is 11.3. The molecule has 3 aromatic heterocycles. The number of hydrogen-bond acceptors (Lipinski definition) is 3. The highest BCUT2D eigenvalue weighted by molar-refractivity contribution is 6.07. The molecule has 100 valence electrons. The van der Waals surface area contributed by atoms with Gasteiger partial charge < -0.3 is 9.72 Å². The number of aromatic nitrogens is 3. The second-order valence-electron chi connectivity index (χ2n) is 4.60. The Morgan fingerprint density at radius 2 is 2.10 bits per heavy atom. The van der Waals surface area contributed by atoms with E-state index in [0.29, 0.717) is 5.69 Å². The zero-order valence-electron chi connectivity index (χ0n) is 11.3. The number of rotatable bonds is 2. The maximum absolute atomic E-state index is 12.3. The second-order valence-corrected chi connectivity index (χ2v) is 4.60. The summed E-state index contributed by atoms with van der Waals surface area (Å²) in [6.07, 6.45) is 3.56. The lowest BCUT2D eigenvalue weighted by Crippen LogP contribution is -2.13. The minimum Gasteiger partial charge on any atom is -0.320 e. The van der Waals surface area contributed by atoms with Crippen LogP contribution in [0.15, 0.2) is 42.7 Å². The smallest absolute Gasteiger partial charge is 0.276 e. The van der Waals surface area contributed by atoms with E-state index in [1.807, 2.05) is 48.7 Å². The predicted octanol–water partition coefficient (Wildman–Crippen LogP) is 2.60. The van der Waals surface area contributed by atoms with Gasteiger partial charge in [-0.3, -0.25) is 9.78 Å². The molecule has 0 saturated heterocycles. The van der Waals surface area contributed by atoms with Crippen LogP contribution in [0.4, 0.5) is 5.69 Å². The fraction of sp³-hybridized carbons (Fsp3) is 0.133. The summed E-state index contributed by atoms with van der Waals surface area (Å²) in [5.41, 5.74) is 2.80. The molecule has 1 amide bonds. The van der Waals surface area contributed by atoms with Crippen LogP contribution in [-0.4, -0.2) is 20.3 Å². The first-order chi connectivity index (χ1) is 9.65. The third-order valence-corrected chi connectivity index (χ3v) is 3.09. The molecule has 0 fully saturated rings. The number of nitrogens with zero attached hydrogens (tertiary/aromatic N) is 3. The highest BCUT2D eigenvalue weighted by Crippen LogP contribution is 2.15. The molecule has 3 aromatic rings. The van der Waals surface area contributed by atoms with Gasteiger partial charge in [-0.15, -0.1) is 0 Å². The molecule has 0 aliphatic rings. The summed E-state index contributed by atoms with van der Waals surface area (Å²) >= 11 is 0. The minimum absolute atomic E-state index is 0.215. The molecule has 0 bridgehead atoms. The Morgan fingerprint density at radius 1 is 1.25 bits per heavy atom. The molecular weight excluding hydrogens is 252 g/mol. The first-order valence-electron chi connectivity index (χ1n) is 6.33. The number of fused-ring (bicyclic) bond motifs is 1. The van der Waals surface area contributed by atoms with E-state index in [-0.39, 0.29) is 5.91 Å². The molecule has 0 radical (unpaired) electrons. The van der Waals surface area contributed by atoms with Gasteiger partial charge in [-0.05, 0) is 38.1 Å². The number of pyridine rings is 2. The number of aryl methyl sites for hydroxylation is 2. The Balaban J connectivity index is 1.97. The van der Waals surface area contributed by atoms with Crippen LogP contribution < -0.4 is 5.32 Å². The molecular formula is C15H14N4O. The minimum atomic E-state index is -0.215. The van der Waals surface area contributed by atoms with Crippen LogP contribution in [0.25, 0.3) is 5.52 Å². The van der Waals surface area contributed by atoms with Crippen molar-refractivity contribution in [2.45, 2.75) is 13.8 Å². The van der Waals surface area contributed by atoms with Crippen molar-refractivity contribution >= 4 is 17.1 Å². The predicted molar refractivity (Wildman–Crippen MR) is 76.9 cm³/mol. The number of nitrogens with one attached hydrogen (secondary N) is 1. The van der Waals surface area contributed by atoms with E-state index in [9.17, 15) is 4.79 Å². The molecule has 20 heavy (non-hydrogen) atoms. The molecule has 5 nitrogen and oxygen atoms in total. The van der Waals surface area contributed by atoms with Crippen LogP contribution in [-0.2, 0) is 0 Å². The number of amides is 1. The van der Waals surface area contributed by atoms with Crippen molar-refractivity contribution in [2.24, 2.45) is 0 Å². The Kier molecular flexibility index (Phi) is 2.95. The molecule has 0 saturated carbocycles. The van der Waals surface area contributed by atoms with Gasteiger partial charge in [0, 0.05) is 23.8 Å². The van der Waals surface area contributed by atoms with Crippen LogP contribution in [0, 0.1) is 13.8 Å². The quantitative estimate of drug-likeness (QED) is 0.775. The lowest BCUT2D eigenvalue weighted by atomic mass is 10.3. The lowest BCUT2D eigenvalue weighted by molar-refractivity contribution is 0.102. The number of imidazole rings is 1. The first-order valence-corrected chi connectivity index (χ1v) is 6.33. The Labute approximate surface area is 116 Å². The summed E-state index contributed by atoms with van der Waals surface area (Å²) in [6, 6.07) is 9.27. The van der Waals surface area contributed by atoms with E-state index in [2.05, 4.69) is 15.3 Å². The van der Waals surface area contributed by atoms with Crippen molar-refractivity contribution < 1.29 is 4.79 Å². The van der Waals surface area contributed by atoms with E-state index in [1.165, 1.54) is 0 Å². The van der Waals surface area contributed by atoms with Crippen LogP contribution in [0.5, 0.6) is 0 Å². The van der Waals surface area contributed by atoms with Crippen molar-refractivity contribution in [1.29, 1.82) is 0 Å². The fourth-order valence-corrected chi connectivity index (χ4v) is 2.17. The first kappa shape index (κ1) is 12.3. The van der Waals surface area contributed by atoms with Gasteiger partial charge in [0.15, 0.2) is 5.69 Å². The molecule has 0 atom stereocenters. The highest BCUT2D eigenvalue weighted by Gasteiger charge is 2.15.